The van der Waals surface area contributed by atoms with Crippen molar-refractivity contribution in [2.75, 3.05) is 4.72 Å². The van der Waals surface area contributed by atoms with Crippen LogP contribution in [-0.4, -0.2) is 18.2 Å². The molecule has 2 aromatic carbocycles. The van der Waals surface area contributed by atoms with Gasteiger partial charge in [-0.1, -0.05) is 0 Å². The van der Waals surface area contributed by atoms with Gasteiger partial charge in [0.15, 0.2) is 29.1 Å². The van der Waals surface area contributed by atoms with E-state index in [0.29, 0.717) is 11.1 Å². The molecule has 32 heavy (non-hydrogen) atoms. The number of benzene rings is 2. The highest BCUT2D eigenvalue weighted by Gasteiger charge is 2.27. The Balaban J connectivity index is 1.95. The number of hydrogen-bond donors (Lipinski definition) is 1. The first-order valence-corrected chi connectivity index (χ1v) is 10.9. The lowest BCUT2D eigenvalue weighted by Gasteiger charge is -2.18. The Morgan fingerprint density at radius 1 is 0.781 bits per heavy atom. The molecule has 0 radical (unpaired) electrons. The van der Waals surface area contributed by atoms with E-state index in [-0.39, 0.29) is 10.7 Å². The summed E-state index contributed by atoms with van der Waals surface area (Å²) in [6, 6.07) is 1.21. The molecule has 0 aliphatic carbocycles. The van der Waals surface area contributed by atoms with Crippen LogP contribution in [0.1, 0.15) is 33.4 Å². The van der Waals surface area contributed by atoms with Crippen molar-refractivity contribution in [3.05, 3.63) is 74.7 Å². The summed E-state index contributed by atoms with van der Waals surface area (Å²) in [4.78, 5) is 0.0902. The predicted molar refractivity (Wildman–Crippen MR) is 108 cm³/mol. The summed E-state index contributed by atoms with van der Waals surface area (Å²) in [6.45, 7) is 8.10. The van der Waals surface area contributed by atoms with Crippen LogP contribution < -0.4 is 4.72 Å². The summed E-state index contributed by atoms with van der Waals surface area (Å²) in [5.41, 5.74) is 2.68. The van der Waals surface area contributed by atoms with Crippen LogP contribution >= 0.6 is 0 Å². The SMILES string of the molecule is Cc1c(C)c(C)c(S(=O)(=O)Nc2ccn(Cc3c(F)c(F)c(F)c(F)c3F)n2)c(C)c1C. The molecule has 0 unspecified atom stereocenters. The molecule has 0 spiro atoms. The second kappa shape index (κ2) is 8.19. The van der Waals surface area contributed by atoms with Crippen LogP contribution in [0.4, 0.5) is 27.8 Å². The first kappa shape index (κ1) is 23.7. The van der Waals surface area contributed by atoms with E-state index < -0.39 is 51.2 Å². The molecule has 1 aromatic heterocycles. The number of nitrogens with one attached hydrogen (secondary N) is 1. The molecule has 5 nitrogen and oxygen atoms in total. The fraction of sp³-hybridized carbons (Fsp3) is 0.286. The molecule has 0 fully saturated rings. The molecule has 0 saturated carbocycles. The molecule has 0 aliphatic rings. The molecule has 172 valence electrons. The fourth-order valence-corrected chi connectivity index (χ4v) is 5.11. The summed E-state index contributed by atoms with van der Waals surface area (Å²) in [6.07, 6.45) is 1.15. The second-order valence-electron chi connectivity index (χ2n) is 7.51. The third-order valence-electron chi connectivity index (χ3n) is 5.70. The molecule has 0 aliphatic heterocycles. The fourth-order valence-electron chi connectivity index (χ4n) is 3.51. The quantitative estimate of drug-likeness (QED) is 0.323. The normalized spacial score (nSPS) is 11.8. The first-order valence-electron chi connectivity index (χ1n) is 9.41. The van der Waals surface area contributed by atoms with E-state index in [1.807, 2.05) is 20.8 Å². The largest absolute Gasteiger partial charge is 0.266 e. The second-order valence-corrected chi connectivity index (χ2v) is 9.13. The van der Waals surface area contributed by atoms with E-state index in [1.165, 1.54) is 6.07 Å². The van der Waals surface area contributed by atoms with Gasteiger partial charge in [0, 0.05) is 12.3 Å². The summed E-state index contributed by atoms with van der Waals surface area (Å²) in [5, 5.41) is 3.86. The van der Waals surface area contributed by atoms with Gasteiger partial charge in [0.25, 0.3) is 10.0 Å². The van der Waals surface area contributed by atoms with E-state index >= 15 is 0 Å². The monoisotopic (exact) mass is 473 g/mol. The molecule has 0 saturated heterocycles. The van der Waals surface area contributed by atoms with Gasteiger partial charge in [-0.3, -0.25) is 9.40 Å². The lowest BCUT2D eigenvalue weighted by atomic mass is 9.95. The zero-order chi connectivity index (χ0) is 24.1. The maximum absolute atomic E-state index is 13.9. The van der Waals surface area contributed by atoms with Crippen molar-refractivity contribution in [2.24, 2.45) is 0 Å². The number of hydrogen-bond acceptors (Lipinski definition) is 3. The topological polar surface area (TPSA) is 64.0 Å². The lowest BCUT2D eigenvalue weighted by Crippen LogP contribution is -2.18. The molecule has 0 amide bonds. The molecular weight excluding hydrogens is 453 g/mol. The molecule has 1 heterocycles. The van der Waals surface area contributed by atoms with E-state index in [1.54, 1.807) is 13.8 Å². The maximum Gasteiger partial charge on any atom is 0.263 e. The molecule has 0 bridgehead atoms. The van der Waals surface area contributed by atoms with Crippen molar-refractivity contribution in [3.63, 3.8) is 0 Å². The standard InChI is InChI=1S/C21H20F5N3O2S/c1-9-10(2)12(4)21(13(5)11(9)3)32(30,31)28-15-6-7-29(27-15)8-14-16(22)18(24)20(26)19(25)17(14)23/h6-7H,8H2,1-5H3,(H,27,28). The molecule has 3 rings (SSSR count). The highest BCUT2D eigenvalue weighted by Crippen LogP contribution is 2.30. The van der Waals surface area contributed by atoms with Gasteiger partial charge in [-0.2, -0.15) is 5.10 Å². The Morgan fingerprint density at radius 2 is 1.22 bits per heavy atom. The smallest absolute Gasteiger partial charge is 0.263 e. The Morgan fingerprint density at radius 3 is 1.72 bits per heavy atom. The van der Waals surface area contributed by atoms with Crippen molar-refractivity contribution in [1.82, 2.24) is 9.78 Å². The van der Waals surface area contributed by atoms with Crippen LogP contribution in [0.2, 0.25) is 0 Å². The third-order valence-corrected chi connectivity index (χ3v) is 7.33. The van der Waals surface area contributed by atoms with E-state index in [2.05, 4.69) is 9.82 Å². The van der Waals surface area contributed by atoms with Gasteiger partial charge in [0.2, 0.25) is 5.82 Å². The van der Waals surface area contributed by atoms with Crippen LogP contribution in [0.25, 0.3) is 0 Å². The summed E-state index contributed by atoms with van der Waals surface area (Å²) >= 11 is 0. The Bertz CT molecular complexity index is 1290. The van der Waals surface area contributed by atoms with Crippen molar-refractivity contribution in [1.29, 1.82) is 0 Å². The van der Waals surface area contributed by atoms with Gasteiger partial charge in [-0.25, -0.2) is 30.4 Å². The number of sulfonamides is 1. The van der Waals surface area contributed by atoms with Gasteiger partial charge < -0.3 is 0 Å². The third kappa shape index (κ3) is 3.85. The minimum Gasteiger partial charge on any atom is -0.266 e. The van der Waals surface area contributed by atoms with Crippen LogP contribution in [0.15, 0.2) is 17.2 Å². The number of aromatic nitrogens is 2. The molecular formula is C21H20F5N3O2S. The van der Waals surface area contributed by atoms with Crippen LogP contribution in [-0.2, 0) is 16.6 Å². The minimum absolute atomic E-state index is 0.0902. The number of halogens is 5. The average Bonchev–Trinajstić information content (AvgIpc) is 3.17. The maximum atomic E-state index is 13.9. The summed E-state index contributed by atoms with van der Waals surface area (Å²) < 4.78 is 97.1. The highest BCUT2D eigenvalue weighted by atomic mass is 32.2. The zero-order valence-electron chi connectivity index (χ0n) is 17.9. The van der Waals surface area contributed by atoms with E-state index in [9.17, 15) is 30.4 Å². The van der Waals surface area contributed by atoms with Gasteiger partial charge in [-0.05, 0) is 62.4 Å². The molecule has 11 heteroatoms. The van der Waals surface area contributed by atoms with Gasteiger partial charge in [0.05, 0.1) is 17.0 Å². The van der Waals surface area contributed by atoms with Crippen molar-refractivity contribution < 1.29 is 30.4 Å². The minimum atomic E-state index is -4.07. The lowest BCUT2D eigenvalue weighted by molar-refractivity contribution is 0.367. The van der Waals surface area contributed by atoms with E-state index in [4.69, 9.17) is 0 Å². The molecule has 1 N–H and O–H groups in total. The first-order chi connectivity index (χ1) is 14.8. The van der Waals surface area contributed by atoms with Crippen LogP contribution in [0, 0.1) is 63.7 Å². The van der Waals surface area contributed by atoms with Gasteiger partial charge in [0.1, 0.15) is 0 Å². The van der Waals surface area contributed by atoms with Crippen molar-refractivity contribution in [3.8, 4) is 0 Å². The summed E-state index contributed by atoms with van der Waals surface area (Å²) in [7, 11) is -4.07. The predicted octanol–water partition coefficient (Wildman–Crippen LogP) is 4.97. The molecule has 0 atom stereocenters. The van der Waals surface area contributed by atoms with Gasteiger partial charge >= 0.3 is 0 Å². The van der Waals surface area contributed by atoms with Crippen molar-refractivity contribution in [2.45, 2.75) is 46.1 Å². The highest BCUT2D eigenvalue weighted by molar-refractivity contribution is 7.92. The Labute approximate surface area is 181 Å². The Kier molecular flexibility index (Phi) is 6.07. The average molecular weight is 473 g/mol. The Hall–Kier alpha value is -2.95. The zero-order valence-corrected chi connectivity index (χ0v) is 18.7. The molecule has 3 aromatic rings. The number of rotatable bonds is 5. The summed E-state index contributed by atoms with van der Waals surface area (Å²) in [5.74, 6) is -10.5. The van der Waals surface area contributed by atoms with E-state index in [0.717, 1.165) is 27.6 Å². The van der Waals surface area contributed by atoms with Crippen LogP contribution in [0.5, 0.6) is 0 Å². The van der Waals surface area contributed by atoms with Crippen LogP contribution in [0.3, 0.4) is 0 Å². The van der Waals surface area contributed by atoms with Crippen molar-refractivity contribution >= 4 is 15.8 Å². The number of anilines is 1. The number of nitrogens with zero attached hydrogens (tertiary/aromatic N) is 2. The van der Waals surface area contributed by atoms with Gasteiger partial charge in [-0.15, -0.1) is 0 Å².